The molecule has 9 heteroatoms. The molecule has 3 unspecified atom stereocenters. The van der Waals surface area contributed by atoms with Crippen LogP contribution in [0.25, 0.3) is 0 Å². The zero-order valence-electron chi connectivity index (χ0n) is 13.4. The average molecular weight is 361 g/mol. The Kier molecular flexibility index (Phi) is 5.38. The van der Waals surface area contributed by atoms with Crippen LogP contribution in [0.5, 0.6) is 5.75 Å². The molecule has 1 aromatic carbocycles. The first-order valence-corrected chi connectivity index (χ1v) is 7.53. The number of carbonyl (C=O) groups excluding carboxylic acids is 1. The lowest BCUT2D eigenvalue weighted by molar-refractivity contribution is -0.190. The van der Waals surface area contributed by atoms with E-state index in [9.17, 15) is 22.8 Å². The van der Waals surface area contributed by atoms with Crippen LogP contribution in [0.4, 0.5) is 13.2 Å². The zero-order valence-corrected chi connectivity index (χ0v) is 13.4. The molecule has 0 aromatic heterocycles. The number of benzene rings is 1. The lowest BCUT2D eigenvalue weighted by Crippen LogP contribution is -2.65. The second-order valence-electron chi connectivity index (χ2n) is 5.83. The van der Waals surface area contributed by atoms with E-state index >= 15 is 0 Å². The summed E-state index contributed by atoms with van der Waals surface area (Å²) in [6.45, 7) is 0. The first-order chi connectivity index (χ1) is 11.6. The molecular formula is C16H18F3NO5. The normalized spacial score (nSPS) is 23.6. The number of hydrogen-bond donors (Lipinski definition) is 2. The molecule has 3 atom stereocenters. The number of alkyl halides is 3. The zero-order chi connectivity index (χ0) is 18.8. The van der Waals surface area contributed by atoms with E-state index in [1.54, 1.807) is 0 Å². The minimum absolute atomic E-state index is 0.187. The number of rotatable bonds is 4. The fourth-order valence-electron chi connectivity index (χ4n) is 2.69. The monoisotopic (exact) mass is 361 g/mol. The highest BCUT2D eigenvalue weighted by Crippen LogP contribution is 2.36. The van der Waals surface area contributed by atoms with Gasteiger partial charge < -0.3 is 20.3 Å². The molecule has 1 aromatic rings. The van der Waals surface area contributed by atoms with Gasteiger partial charge in [0.2, 0.25) is 5.78 Å². The largest absolute Gasteiger partial charge is 0.496 e. The van der Waals surface area contributed by atoms with Gasteiger partial charge in [-0.15, -0.1) is 0 Å². The number of Topliss-reactive ketones (excluding diaryl/α,β-unsaturated/α-hetero) is 1. The molecule has 1 aliphatic carbocycles. The summed E-state index contributed by atoms with van der Waals surface area (Å²) < 4.78 is 48.2. The maximum Gasteiger partial charge on any atom is 0.424 e. The van der Waals surface area contributed by atoms with Gasteiger partial charge in [0.05, 0.1) is 24.9 Å². The average Bonchev–Trinajstić information content (AvgIpc) is 3.17. The molecule has 3 aliphatic rings. The Labute approximate surface area is 141 Å². The fourth-order valence-corrected chi connectivity index (χ4v) is 2.69. The molecular weight excluding hydrogens is 343 g/mol. The van der Waals surface area contributed by atoms with Crippen molar-refractivity contribution < 1.29 is 37.3 Å². The Bertz CT molecular complexity index is 644. The van der Waals surface area contributed by atoms with Crippen molar-refractivity contribution in [2.24, 2.45) is 5.73 Å². The molecule has 4 rings (SSSR count). The number of carbonyl (C=O) groups is 2. The van der Waals surface area contributed by atoms with Gasteiger partial charge in [-0.1, -0.05) is 12.1 Å². The number of fused-ring (bicyclic) bond motifs is 1. The van der Waals surface area contributed by atoms with Gasteiger partial charge in [0.1, 0.15) is 5.75 Å². The summed E-state index contributed by atoms with van der Waals surface area (Å²) in [7, 11) is 1.14. The van der Waals surface area contributed by atoms with Crippen LogP contribution in [-0.4, -0.2) is 47.9 Å². The predicted octanol–water partition coefficient (Wildman–Crippen LogP) is 2.16. The number of hydrogen-bond acceptors (Lipinski definition) is 5. The van der Waals surface area contributed by atoms with Crippen molar-refractivity contribution in [3.8, 4) is 5.75 Å². The van der Waals surface area contributed by atoms with Crippen LogP contribution < -0.4 is 10.5 Å². The van der Waals surface area contributed by atoms with Crippen LogP contribution in [-0.2, 0) is 9.53 Å². The van der Waals surface area contributed by atoms with E-state index < -0.39 is 29.0 Å². The molecule has 2 heterocycles. The maximum atomic E-state index is 12.8. The van der Waals surface area contributed by atoms with Gasteiger partial charge in [0, 0.05) is 0 Å². The van der Waals surface area contributed by atoms with Crippen molar-refractivity contribution in [3.05, 3.63) is 29.8 Å². The molecule has 3 fully saturated rings. The number of carboxylic acid groups (broad SMARTS) is 1. The number of ether oxygens (including phenoxy) is 2. The van der Waals surface area contributed by atoms with Crippen LogP contribution in [0.3, 0.4) is 0 Å². The van der Waals surface area contributed by atoms with Gasteiger partial charge in [0.15, 0.2) is 0 Å². The minimum atomic E-state index is -5.43. The number of ketones is 1. The Morgan fingerprint density at radius 3 is 2.12 bits per heavy atom. The smallest absolute Gasteiger partial charge is 0.424 e. The Balaban J connectivity index is 0.000000306. The molecule has 0 spiro atoms. The van der Waals surface area contributed by atoms with E-state index in [1.165, 1.54) is 37.5 Å². The topological polar surface area (TPSA) is 98.9 Å². The number of nitrogens with two attached hydrogens (primary N) is 1. The van der Waals surface area contributed by atoms with E-state index in [1.807, 2.05) is 0 Å². The number of carboxylic acids is 1. The first-order valence-electron chi connectivity index (χ1n) is 7.53. The Morgan fingerprint density at radius 1 is 1.24 bits per heavy atom. The standard InChI is InChI=1S/C11H10F3NO4.C5H8O/c1-19-7-5-3-2-4-6(7)8(16)10(15,9(17)18)11(12,13)14;1-2-5-3-4(1)6-5/h2-5H,15H2,1H3,(H,17,18);4-5H,1-3H2. The van der Waals surface area contributed by atoms with Crippen molar-refractivity contribution in [2.75, 3.05) is 7.11 Å². The SMILES string of the molecule is C1CC2CC1O2.COc1ccccc1C(=O)C(N)(C(=O)O)C(F)(F)F. The molecule has 3 N–H and O–H groups in total. The van der Waals surface area contributed by atoms with Crippen molar-refractivity contribution in [1.29, 1.82) is 0 Å². The summed E-state index contributed by atoms with van der Waals surface area (Å²) in [5.74, 6) is -4.45. The number of para-hydroxylation sites is 1. The van der Waals surface area contributed by atoms with Crippen LogP contribution >= 0.6 is 0 Å². The molecule has 138 valence electrons. The second-order valence-corrected chi connectivity index (χ2v) is 5.83. The van der Waals surface area contributed by atoms with Crippen molar-refractivity contribution in [2.45, 2.75) is 43.2 Å². The number of halogens is 3. The Morgan fingerprint density at radius 2 is 1.76 bits per heavy atom. The van der Waals surface area contributed by atoms with E-state index in [-0.39, 0.29) is 5.75 Å². The van der Waals surface area contributed by atoms with Crippen LogP contribution in [0.2, 0.25) is 0 Å². The van der Waals surface area contributed by atoms with E-state index in [2.05, 4.69) is 0 Å². The first kappa shape index (κ1) is 19.2. The van der Waals surface area contributed by atoms with E-state index in [4.69, 9.17) is 20.3 Å². The van der Waals surface area contributed by atoms with Crippen LogP contribution in [0.15, 0.2) is 24.3 Å². The van der Waals surface area contributed by atoms with Gasteiger partial charge in [-0.05, 0) is 31.4 Å². The number of aliphatic carboxylic acids is 1. The second kappa shape index (κ2) is 7.01. The van der Waals surface area contributed by atoms with E-state index in [0.717, 1.165) is 13.2 Å². The molecule has 2 aliphatic heterocycles. The predicted molar refractivity (Wildman–Crippen MR) is 80.4 cm³/mol. The summed E-state index contributed by atoms with van der Waals surface area (Å²) in [4.78, 5) is 22.6. The van der Waals surface area contributed by atoms with Gasteiger partial charge in [0.25, 0.3) is 5.54 Å². The minimum Gasteiger partial charge on any atom is -0.496 e. The highest BCUT2D eigenvalue weighted by atomic mass is 19.4. The van der Waals surface area contributed by atoms with Crippen molar-refractivity contribution in [3.63, 3.8) is 0 Å². The van der Waals surface area contributed by atoms with Gasteiger partial charge >= 0.3 is 12.1 Å². The molecule has 0 amide bonds. The highest BCUT2D eigenvalue weighted by Gasteiger charge is 2.64. The lowest BCUT2D eigenvalue weighted by atomic mass is 9.89. The summed E-state index contributed by atoms with van der Waals surface area (Å²) in [6.07, 6.45) is -0.0171. The molecule has 2 saturated heterocycles. The third-order valence-electron chi connectivity index (χ3n) is 4.22. The van der Waals surface area contributed by atoms with Crippen LogP contribution in [0, 0.1) is 0 Å². The third-order valence-corrected chi connectivity index (χ3v) is 4.22. The lowest BCUT2D eigenvalue weighted by Gasteiger charge is -2.26. The summed E-state index contributed by atoms with van der Waals surface area (Å²) in [5, 5.41) is 8.66. The van der Waals surface area contributed by atoms with Gasteiger partial charge in [-0.3, -0.25) is 4.79 Å². The molecule has 1 saturated carbocycles. The Hall–Kier alpha value is -2.13. The maximum absolute atomic E-state index is 12.8. The summed E-state index contributed by atoms with van der Waals surface area (Å²) >= 11 is 0. The molecule has 0 radical (unpaired) electrons. The molecule has 2 bridgehead atoms. The molecule has 6 nitrogen and oxygen atoms in total. The van der Waals surface area contributed by atoms with Crippen molar-refractivity contribution >= 4 is 11.8 Å². The van der Waals surface area contributed by atoms with Crippen molar-refractivity contribution in [1.82, 2.24) is 0 Å². The number of methoxy groups -OCH3 is 1. The summed E-state index contributed by atoms with van der Waals surface area (Å²) in [6, 6.07) is 4.93. The van der Waals surface area contributed by atoms with Crippen LogP contribution in [0.1, 0.15) is 29.6 Å². The third kappa shape index (κ3) is 3.62. The van der Waals surface area contributed by atoms with Gasteiger partial charge in [-0.25, -0.2) is 4.79 Å². The van der Waals surface area contributed by atoms with Gasteiger partial charge in [-0.2, -0.15) is 13.2 Å². The van der Waals surface area contributed by atoms with E-state index in [0.29, 0.717) is 12.2 Å². The summed E-state index contributed by atoms with van der Waals surface area (Å²) in [5.41, 5.74) is 0.226. The quantitative estimate of drug-likeness (QED) is 0.630. The highest BCUT2D eigenvalue weighted by molar-refractivity contribution is 6.17. The molecule has 25 heavy (non-hydrogen) atoms. The fraction of sp³-hybridized carbons (Fsp3) is 0.500.